The van der Waals surface area contributed by atoms with Gasteiger partial charge in [-0.25, -0.2) is 0 Å². The summed E-state index contributed by atoms with van der Waals surface area (Å²) in [4.78, 5) is 0. The van der Waals surface area contributed by atoms with E-state index in [4.69, 9.17) is 5.11 Å². The zero-order valence-corrected chi connectivity index (χ0v) is 8.79. The average Bonchev–Trinajstić information content (AvgIpc) is 2.03. The van der Waals surface area contributed by atoms with E-state index in [0.29, 0.717) is 11.8 Å². The number of aliphatic hydroxyl groups excluding tert-OH is 1. The van der Waals surface area contributed by atoms with Gasteiger partial charge in [0, 0.05) is 0 Å². The Balaban J connectivity index is 2.42. The second kappa shape index (κ2) is 4.43. The van der Waals surface area contributed by atoms with Crippen molar-refractivity contribution in [3.63, 3.8) is 0 Å². The van der Waals surface area contributed by atoms with E-state index in [-0.39, 0.29) is 6.61 Å². The fourth-order valence-corrected chi connectivity index (χ4v) is 2.47. The third kappa shape index (κ3) is 3.28. The van der Waals surface area contributed by atoms with E-state index in [1.54, 1.807) is 0 Å². The van der Waals surface area contributed by atoms with Crippen LogP contribution in [0.4, 0.5) is 0 Å². The molecule has 0 spiro atoms. The van der Waals surface area contributed by atoms with Crippen molar-refractivity contribution in [2.75, 3.05) is 6.61 Å². The first-order valence-corrected chi connectivity index (χ1v) is 5.39. The van der Waals surface area contributed by atoms with Crippen LogP contribution < -0.4 is 0 Å². The topological polar surface area (TPSA) is 40.5 Å². The molecule has 13 heavy (non-hydrogen) atoms. The number of hydrogen-bond acceptors (Lipinski definition) is 2. The first-order chi connectivity index (χ1) is 6.06. The maximum atomic E-state index is 9.91. The molecule has 1 rings (SSSR count). The van der Waals surface area contributed by atoms with Crippen molar-refractivity contribution < 1.29 is 10.2 Å². The van der Waals surface area contributed by atoms with Crippen molar-refractivity contribution in [1.82, 2.24) is 0 Å². The Bertz CT molecular complexity index is 156. The van der Waals surface area contributed by atoms with Gasteiger partial charge in [-0.2, -0.15) is 0 Å². The van der Waals surface area contributed by atoms with E-state index >= 15 is 0 Å². The fourth-order valence-electron chi connectivity index (χ4n) is 2.47. The highest BCUT2D eigenvalue weighted by atomic mass is 16.3. The van der Waals surface area contributed by atoms with Crippen LogP contribution in [0.15, 0.2) is 0 Å². The molecule has 1 aliphatic carbocycles. The Morgan fingerprint density at radius 1 is 1.46 bits per heavy atom. The Hall–Kier alpha value is -0.0800. The maximum Gasteiger partial charge on any atom is 0.0880 e. The molecule has 2 nitrogen and oxygen atoms in total. The second-order valence-electron chi connectivity index (χ2n) is 4.97. The van der Waals surface area contributed by atoms with Crippen molar-refractivity contribution in [3.05, 3.63) is 0 Å². The molecule has 0 bridgehead atoms. The summed E-state index contributed by atoms with van der Waals surface area (Å²) in [6.45, 7) is 4.36. The largest absolute Gasteiger partial charge is 0.393 e. The lowest BCUT2D eigenvalue weighted by atomic mass is 9.75. The van der Waals surface area contributed by atoms with Gasteiger partial charge in [-0.15, -0.1) is 0 Å². The predicted octanol–water partition coefficient (Wildman–Crippen LogP) is 1.95. The van der Waals surface area contributed by atoms with Gasteiger partial charge in [0.05, 0.1) is 12.2 Å². The van der Waals surface area contributed by atoms with Crippen molar-refractivity contribution in [3.8, 4) is 0 Å². The van der Waals surface area contributed by atoms with Gasteiger partial charge in [-0.3, -0.25) is 0 Å². The summed E-state index contributed by atoms with van der Waals surface area (Å²) in [5, 5.41) is 19.0. The van der Waals surface area contributed by atoms with E-state index in [9.17, 15) is 5.11 Å². The third-order valence-corrected chi connectivity index (χ3v) is 3.02. The zero-order valence-electron chi connectivity index (χ0n) is 8.79. The molecule has 1 saturated carbocycles. The van der Waals surface area contributed by atoms with Gasteiger partial charge in [-0.05, 0) is 31.1 Å². The van der Waals surface area contributed by atoms with Crippen LogP contribution in [0.3, 0.4) is 0 Å². The highest BCUT2D eigenvalue weighted by Crippen LogP contribution is 2.35. The molecule has 2 atom stereocenters. The number of rotatable bonds is 3. The van der Waals surface area contributed by atoms with Crippen molar-refractivity contribution >= 4 is 0 Å². The lowest BCUT2D eigenvalue weighted by Gasteiger charge is -2.36. The molecule has 0 aromatic heterocycles. The molecule has 0 aromatic rings. The van der Waals surface area contributed by atoms with Gasteiger partial charge in [0.15, 0.2) is 0 Å². The monoisotopic (exact) mass is 186 g/mol. The Morgan fingerprint density at radius 3 is 2.69 bits per heavy atom. The lowest BCUT2D eigenvalue weighted by Crippen LogP contribution is -2.39. The van der Waals surface area contributed by atoms with Crippen LogP contribution in [-0.2, 0) is 0 Å². The molecule has 0 saturated heterocycles. The summed E-state index contributed by atoms with van der Waals surface area (Å²) in [7, 11) is 0. The summed E-state index contributed by atoms with van der Waals surface area (Å²) >= 11 is 0. The minimum Gasteiger partial charge on any atom is -0.393 e. The summed E-state index contributed by atoms with van der Waals surface area (Å²) in [6, 6.07) is 0. The molecular weight excluding hydrogens is 164 g/mol. The third-order valence-electron chi connectivity index (χ3n) is 3.02. The molecule has 0 amide bonds. The van der Waals surface area contributed by atoms with Gasteiger partial charge < -0.3 is 10.2 Å². The van der Waals surface area contributed by atoms with E-state index in [0.717, 1.165) is 19.3 Å². The summed E-state index contributed by atoms with van der Waals surface area (Å²) in [5.74, 6) is 1.32. The van der Waals surface area contributed by atoms with Gasteiger partial charge >= 0.3 is 0 Å². The first kappa shape index (κ1) is 11.0. The molecule has 0 radical (unpaired) electrons. The van der Waals surface area contributed by atoms with Crippen LogP contribution in [0.25, 0.3) is 0 Å². The molecule has 78 valence electrons. The highest BCUT2D eigenvalue weighted by molar-refractivity contribution is 4.85. The lowest BCUT2D eigenvalue weighted by molar-refractivity contribution is -0.0595. The molecule has 2 unspecified atom stereocenters. The minimum absolute atomic E-state index is 0.0679. The summed E-state index contributed by atoms with van der Waals surface area (Å²) in [5.41, 5.74) is -0.766. The smallest absolute Gasteiger partial charge is 0.0880 e. The molecule has 2 N–H and O–H groups in total. The Labute approximate surface area is 81.0 Å². The molecule has 1 fully saturated rings. The predicted molar refractivity (Wildman–Crippen MR) is 53.4 cm³/mol. The quantitative estimate of drug-likeness (QED) is 0.707. The van der Waals surface area contributed by atoms with E-state index in [1.807, 2.05) is 0 Å². The highest BCUT2D eigenvalue weighted by Gasteiger charge is 2.33. The summed E-state index contributed by atoms with van der Waals surface area (Å²) in [6.07, 6.45) is 5.04. The maximum absolute atomic E-state index is 9.91. The Morgan fingerprint density at radius 2 is 2.15 bits per heavy atom. The van der Waals surface area contributed by atoms with E-state index in [2.05, 4.69) is 13.8 Å². The summed E-state index contributed by atoms with van der Waals surface area (Å²) < 4.78 is 0. The zero-order chi connectivity index (χ0) is 9.90. The number of aliphatic hydroxyl groups is 2. The van der Waals surface area contributed by atoms with Gasteiger partial charge in [-0.1, -0.05) is 26.7 Å². The van der Waals surface area contributed by atoms with Crippen LogP contribution in [0.1, 0.15) is 46.0 Å². The normalized spacial score (nSPS) is 35.3. The molecule has 1 aliphatic rings. The molecular formula is C11H22O2. The SMILES string of the molecule is CC(C)CC1CCCC(O)(CO)C1. The van der Waals surface area contributed by atoms with Crippen LogP contribution in [0.2, 0.25) is 0 Å². The molecule has 0 aromatic carbocycles. The first-order valence-electron chi connectivity index (χ1n) is 5.39. The van der Waals surface area contributed by atoms with Crippen LogP contribution in [0, 0.1) is 11.8 Å². The van der Waals surface area contributed by atoms with Gasteiger partial charge in [0.2, 0.25) is 0 Å². The van der Waals surface area contributed by atoms with Crippen LogP contribution >= 0.6 is 0 Å². The van der Waals surface area contributed by atoms with Gasteiger partial charge in [0.25, 0.3) is 0 Å². The second-order valence-corrected chi connectivity index (χ2v) is 4.97. The van der Waals surface area contributed by atoms with Crippen LogP contribution in [-0.4, -0.2) is 22.4 Å². The molecule has 0 heterocycles. The molecule has 2 heteroatoms. The average molecular weight is 186 g/mol. The van der Waals surface area contributed by atoms with Crippen molar-refractivity contribution in [2.24, 2.45) is 11.8 Å². The molecule has 0 aliphatic heterocycles. The standard InChI is InChI=1S/C11H22O2/c1-9(2)6-10-4-3-5-11(13,7-10)8-12/h9-10,12-13H,3-8H2,1-2H3. The Kier molecular flexibility index (Phi) is 3.74. The van der Waals surface area contributed by atoms with Crippen molar-refractivity contribution in [1.29, 1.82) is 0 Å². The van der Waals surface area contributed by atoms with Gasteiger partial charge in [0.1, 0.15) is 0 Å². The minimum atomic E-state index is -0.766. The van der Waals surface area contributed by atoms with E-state index < -0.39 is 5.60 Å². The van der Waals surface area contributed by atoms with Crippen LogP contribution in [0.5, 0.6) is 0 Å². The number of hydrogen-bond donors (Lipinski definition) is 2. The fraction of sp³-hybridized carbons (Fsp3) is 1.00. The van der Waals surface area contributed by atoms with E-state index in [1.165, 1.54) is 12.8 Å². The van der Waals surface area contributed by atoms with Crippen molar-refractivity contribution in [2.45, 2.75) is 51.6 Å².